The minimum absolute atomic E-state index is 0.0956. The summed E-state index contributed by atoms with van der Waals surface area (Å²) in [5.41, 5.74) is 6.41. The van der Waals surface area contributed by atoms with Gasteiger partial charge in [0.1, 0.15) is 6.61 Å². The first-order valence-corrected chi connectivity index (χ1v) is 7.10. The van der Waals surface area contributed by atoms with Crippen molar-refractivity contribution in [2.45, 2.75) is 32.2 Å². The van der Waals surface area contributed by atoms with E-state index in [0.29, 0.717) is 23.6 Å². The van der Waals surface area contributed by atoms with Crippen LogP contribution < -0.4 is 20.5 Å². The number of hydrogen-bond acceptors (Lipinski definition) is 5. The highest BCUT2D eigenvalue weighted by Crippen LogP contribution is 2.30. The third-order valence-electron chi connectivity index (χ3n) is 2.99. The number of benzene rings is 1. The maximum Gasteiger partial charge on any atom is 0.241 e. The monoisotopic (exact) mass is 296 g/mol. The van der Waals surface area contributed by atoms with E-state index in [2.05, 4.69) is 12.2 Å². The number of amides is 1. The summed E-state index contributed by atoms with van der Waals surface area (Å²) >= 11 is 0. The number of nitrogens with two attached hydrogens (primary N) is 1. The second-order valence-electron chi connectivity index (χ2n) is 4.68. The predicted molar refractivity (Wildman–Crippen MR) is 81.7 cm³/mol. The van der Waals surface area contributed by atoms with Crippen LogP contribution >= 0.6 is 0 Å². The first-order valence-electron chi connectivity index (χ1n) is 7.10. The number of ether oxygens (including phenoxy) is 2. The Kier molecular flexibility index (Phi) is 7.56. The predicted octanol–water partition coefficient (Wildman–Crippen LogP) is 1.52. The second-order valence-corrected chi connectivity index (χ2v) is 4.68. The first kappa shape index (κ1) is 17.3. The van der Waals surface area contributed by atoms with Crippen molar-refractivity contribution in [3.63, 3.8) is 0 Å². The van der Waals surface area contributed by atoms with E-state index in [9.17, 15) is 4.79 Å². The third-order valence-corrected chi connectivity index (χ3v) is 2.99. The number of hydrogen-bond donors (Lipinski definition) is 3. The molecule has 1 aromatic carbocycles. The van der Waals surface area contributed by atoms with Gasteiger partial charge in [-0.15, -0.1) is 0 Å². The molecule has 1 atom stereocenters. The number of anilines is 1. The first-order chi connectivity index (χ1) is 10.1. The molecule has 1 amide bonds. The molecule has 0 fully saturated rings. The largest absolute Gasteiger partial charge is 0.493 e. The van der Waals surface area contributed by atoms with Crippen LogP contribution in [0.3, 0.4) is 0 Å². The van der Waals surface area contributed by atoms with Crippen molar-refractivity contribution in [3.8, 4) is 11.5 Å². The van der Waals surface area contributed by atoms with E-state index in [1.54, 1.807) is 18.2 Å². The quantitative estimate of drug-likeness (QED) is 0.642. The van der Waals surface area contributed by atoms with Crippen LogP contribution in [-0.4, -0.2) is 37.4 Å². The second kappa shape index (κ2) is 9.20. The summed E-state index contributed by atoms with van der Waals surface area (Å²) in [6.07, 6.45) is 2.58. The van der Waals surface area contributed by atoms with E-state index in [1.165, 1.54) is 7.11 Å². The van der Waals surface area contributed by atoms with Gasteiger partial charge in [0.2, 0.25) is 5.91 Å². The van der Waals surface area contributed by atoms with Gasteiger partial charge in [-0.3, -0.25) is 4.79 Å². The van der Waals surface area contributed by atoms with Crippen molar-refractivity contribution in [2.24, 2.45) is 5.73 Å². The minimum Gasteiger partial charge on any atom is -0.493 e. The number of unbranched alkanes of at least 4 members (excludes halogenated alkanes) is 1. The van der Waals surface area contributed by atoms with E-state index in [1.807, 2.05) is 0 Å². The summed E-state index contributed by atoms with van der Waals surface area (Å²) in [4.78, 5) is 11.9. The average Bonchev–Trinajstić information content (AvgIpc) is 2.50. The summed E-state index contributed by atoms with van der Waals surface area (Å²) in [6.45, 7) is 2.12. The van der Waals surface area contributed by atoms with Gasteiger partial charge in [-0.1, -0.05) is 19.8 Å². The Morgan fingerprint density at radius 2 is 2.19 bits per heavy atom. The molecular weight excluding hydrogens is 272 g/mol. The molecule has 1 rings (SSSR count). The number of aliphatic hydroxyl groups excluding tert-OH is 1. The zero-order valence-electron chi connectivity index (χ0n) is 12.6. The van der Waals surface area contributed by atoms with Crippen molar-refractivity contribution in [1.29, 1.82) is 0 Å². The molecule has 0 aliphatic heterocycles. The molecule has 0 aliphatic carbocycles. The Hall–Kier alpha value is -1.79. The van der Waals surface area contributed by atoms with E-state index in [-0.39, 0.29) is 19.1 Å². The smallest absolute Gasteiger partial charge is 0.241 e. The van der Waals surface area contributed by atoms with Crippen molar-refractivity contribution < 1.29 is 19.4 Å². The summed E-state index contributed by atoms with van der Waals surface area (Å²) in [7, 11) is 1.53. The lowest BCUT2D eigenvalue weighted by Gasteiger charge is -2.14. The molecule has 118 valence electrons. The maximum absolute atomic E-state index is 11.9. The van der Waals surface area contributed by atoms with Crippen LogP contribution in [0.5, 0.6) is 11.5 Å². The molecule has 0 saturated carbocycles. The number of carbonyl (C=O) groups is 1. The topological polar surface area (TPSA) is 93.8 Å². The minimum atomic E-state index is -0.520. The van der Waals surface area contributed by atoms with Gasteiger partial charge in [0.25, 0.3) is 0 Å². The van der Waals surface area contributed by atoms with Gasteiger partial charge in [0, 0.05) is 11.8 Å². The lowest BCUT2D eigenvalue weighted by Crippen LogP contribution is -2.35. The fourth-order valence-corrected chi connectivity index (χ4v) is 1.81. The van der Waals surface area contributed by atoms with Gasteiger partial charge >= 0.3 is 0 Å². The molecule has 1 aromatic rings. The molecular formula is C15H24N2O4. The molecule has 0 aliphatic rings. The highest BCUT2D eigenvalue weighted by atomic mass is 16.5. The highest BCUT2D eigenvalue weighted by Gasteiger charge is 2.14. The van der Waals surface area contributed by atoms with E-state index in [4.69, 9.17) is 20.3 Å². The summed E-state index contributed by atoms with van der Waals surface area (Å²) in [5, 5.41) is 11.6. The van der Waals surface area contributed by atoms with Crippen LogP contribution in [0.25, 0.3) is 0 Å². The van der Waals surface area contributed by atoms with Gasteiger partial charge in [-0.2, -0.15) is 0 Å². The van der Waals surface area contributed by atoms with Crippen LogP contribution in [0.4, 0.5) is 5.69 Å². The maximum atomic E-state index is 11.9. The Morgan fingerprint density at radius 1 is 1.43 bits per heavy atom. The molecule has 0 bridgehead atoms. The normalized spacial score (nSPS) is 11.8. The van der Waals surface area contributed by atoms with Crippen LogP contribution in [0, 0.1) is 0 Å². The Morgan fingerprint density at radius 3 is 2.81 bits per heavy atom. The van der Waals surface area contributed by atoms with Crippen molar-refractivity contribution >= 4 is 11.6 Å². The standard InChI is InChI=1S/C15H24N2O4/c1-3-4-5-12(16)15(19)17-11-6-7-13(20-2)14(10-11)21-9-8-18/h6-7,10,12,18H,3-5,8-9,16H2,1-2H3,(H,17,19). The summed E-state index contributed by atoms with van der Waals surface area (Å²) < 4.78 is 10.5. The van der Waals surface area contributed by atoms with Crippen molar-refractivity contribution in [1.82, 2.24) is 0 Å². The van der Waals surface area contributed by atoms with Crippen molar-refractivity contribution in [2.75, 3.05) is 25.6 Å². The lowest BCUT2D eigenvalue weighted by atomic mass is 10.1. The highest BCUT2D eigenvalue weighted by molar-refractivity contribution is 5.94. The molecule has 0 spiro atoms. The number of methoxy groups -OCH3 is 1. The van der Waals surface area contributed by atoms with Crippen molar-refractivity contribution in [3.05, 3.63) is 18.2 Å². The van der Waals surface area contributed by atoms with E-state index < -0.39 is 6.04 Å². The third kappa shape index (κ3) is 5.61. The number of rotatable bonds is 9. The molecule has 6 heteroatoms. The molecule has 1 unspecified atom stereocenters. The molecule has 0 heterocycles. The lowest BCUT2D eigenvalue weighted by molar-refractivity contribution is -0.117. The SMILES string of the molecule is CCCCC(N)C(=O)Nc1ccc(OC)c(OCCO)c1. The summed E-state index contributed by atoms with van der Waals surface area (Å²) in [5.74, 6) is 0.782. The van der Waals surface area contributed by atoms with Gasteiger partial charge in [-0.25, -0.2) is 0 Å². The molecule has 4 N–H and O–H groups in total. The van der Waals surface area contributed by atoms with Gasteiger partial charge in [0.05, 0.1) is 19.8 Å². The Labute approximate surface area is 125 Å². The van der Waals surface area contributed by atoms with E-state index in [0.717, 1.165) is 12.8 Å². The van der Waals surface area contributed by atoms with Gasteiger partial charge < -0.3 is 25.6 Å². The van der Waals surface area contributed by atoms with Crippen LogP contribution in [0.1, 0.15) is 26.2 Å². The van der Waals surface area contributed by atoms with Crippen LogP contribution in [0.15, 0.2) is 18.2 Å². The molecule has 6 nitrogen and oxygen atoms in total. The fourth-order valence-electron chi connectivity index (χ4n) is 1.81. The Balaban J connectivity index is 2.72. The fraction of sp³-hybridized carbons (Fsp3) is 0.533. The van der Waals surface area contributed by atoms with Gasteiger partial charge in [-0.05, 0) is 18.6 Å². The molecule has 0 radical (unpaired) electrons. The zero-order chi connectivity index (χ0) is 15.7. The number of nitrogens with one attached hydrogen (secondary N) is 1. The molecule has 0 saturated heterocycles. The number of aliphatic hydroxyl groups is 1. The molecule has 21 heavy (non-hydrogen) atoms. The van der Waals surface area contributed by atoms with Crippen LogP contribution in [-0.2, 0) is 4.79 Å². The average molecular weight is 296 g/mol. The summed E-state index contributed by atoms with van der Waals surface area (Å²) in [6, 6.07) is 4.54. The number of carbonyl (C=O) groups excluding carboxylic acids is 1. The van der Waals surface area contributed by atoms with Crippen LogP contribution in [0.2, 0.25) is 0 Å². The zero-order valence-corrected chi connectivity index (χ0v) is 12.6. The molecule has 0 aromatic heterocycles. The van der Waals surface area contributed by atoms with E-state index >= 15 is 0 Å². The van der Waals surface area contributed by atoms with Gasteiger partial charge in [0.15, 0.2) is 11.5 Å². The Bertz CT molecular complexity index is 451.